The summed E-state index contributed by atoms with van der Waals surface area (Å²) in [4.78, 5) is 88.4. The van der Waals surface area contributed by atoms with Crippen molar-refractivity contribution in [2.24, 2.45) is 5.92 Å². The van der Waals surface area contributed by atoms with Crippen molar-refractivity contribution in [3.8, 4) is 0 Å². The van der Waals surface area contributed by atoms with E-state index in [-0.39, 0.29) is 76.0 Å². The molecule has 0 radical (unpaired) electrons. The second kappa shape index (κ2) is 33.6. The molecule has 1 aliphatic rings. The highest BCUT2D eigenvalue weighted by molar-refractivity contribution is 8.02. The maximum absolute atomic E-state index is 13.3. The monoisotopic (exact) mass is 1040 g/mol. The number of carbonyl (C=O) groups is 7. The summed E-state index contributed by atoms with van der Waals surface area (Å²) in [5, 5.41) is 24.6. The number of allylic oxidation sites excluding steroid dienone is 1. The number of carboxylic acids is 1. The van der Waals surface area contributed by atoms with Gasteiger partial charge in [-0.25, -0.2) is 0 Å². The molecular weight excluding hydrogens is 969 g/mol. The largest absolute Gasteiger partial charge is 0.481 e. The smallest absolute Gasteiger partial charge is 0.305 e. The van der Waals surface area contributed by atoms with Crippen LogP contribution in [0, 0.1) is 12.8 Å². The average Bonchev–Trinajstić information content (AvgIpc) is 4.13. The van der Waals surface area contributed by atoms with E-state index in [0.29, 0.717) is 38.0 Å². The number of nitrogens with one attached hydrogen (secondary N) is 6. The molecule has 3 aromatic rings. The van der Waals surface area contributed by atoms with Gasteiger partial charge in [-0.1, -0.05) is 111 Å². The molecule has 6 amide bonds. The molecule has 0 aliphatic heterocycles. The molecular formula is C55H76N6O12S. The Labute approximate surface area is 439 Å². The number of amides is 6. The van der Waals surface area contributed by atoms with Gasteiger partial charge in [0.25, 0.3) is 0 Å². The minimum absolute atomic E-state index is 0.00689. The maximum atomic E-state index is 13.3. The number of anilines is 1. The molecule has 18 nitrogen and oxygen atoms in total. The number of carboxylic acid groups (broad SMARTS) is 1. The normalized spacial score (nSPS) is 14.4. The second-order valence-electron chi connectivity index (χ2n) is 18.1. The first-order valence-electron chi connectivity index (χ1n) is 25.4. The average molecular weight is 1050 g/mol. The van der Waals surface area contributed by atoms with Gasteiger partial charge >= 0.3 is 5.97 Å². The van der Waals surface area contributed by atoms with Gasteiger partial charge in [-0.2, -0.15) is 0 Å². The predicted molar refractivity (Wildman–Crippen MR) is 284 cm³/mol. The first-order valence-corrected chi connectivity index (χ1v) is 26.3. The Balaban J connectivity index is 1.00. The Bertz CT molecular complexity index is 2270. The molecule has 1 aliphatic carbocycles. The van der Waals surface area contributed by atoms with Gasteiger partial charge in [-0.05, 0) is 67.3 Å². The van der Waals surface area contributed by atoms with E-state index in [2.05, 4.69) is 64.5 Å². The summed E-state index contributed by atoms with van der Waals surface area (Å²) in [6, 6.07) is 23.7. The molecule has 0 spiro atoms. The Morgan fingerprint density at radius 1 is 0.689 bits per heavy atom. The predicted octanol–water partition coefficient (Wildman–Crippen LogP) is 4.66. The number of thioether (sulfide) groups is 1. The lowest BCUT2D eigenvalue weighted by Crippen LogP contribution is -2.52. The topological polar surface area (TPSA) is 249 Å². The lowest BCUT2D eigenvalue weighted by molar-refractivity contribution is -0.138. The van der Waals surface area contributed by atoms with Gasteiger partial charge in [0.1, 0.15) is 6.04 Å². The number of hydrogen-bond acceptors (Lipinski definition) is 12. The van der Waals surface area contributed by atoms with Gasteiger partial charge in [0, 0.05) is 29.8 Å². The molecule has 1 saturated carbocycles. The first kappa shape index (κ1) is 60.4. The van der Waals surface area contributed by atoms with E-state index in [1.807, 2.05) is 37.3 Å². The van der Waals surface area contributed by atoms with Crippen LogP contribution in [0.2, 0.25) is 0 Å². The number of ether oxygens (including phenoxy) is 4. The molecule has 0 heterocycles. The summed E-state index contributed by atoms with van der Waals surface area (Å²) < 4.78 is 21.8. The molecule has 4 atom stereocenters. The quantitative estimate of drug-likeness (QED) is 0.0305. The van der Waals surface area contributed by atoms with E-state index in [0.717, 1.165) is 49.7 Å². The Kier molecular flexibility index (Phi) is 27.5. The molecule has 0 aromatic heterocycles. The third kappa shape index (κ3) is 23.8. The van der Waals surface area contributed by atoms with Crippen LogP contribution in [-0.4, -0.2) is 142 Å². The molecule has 3 unspecified atom stereocenters. The summed E-state index contributed by atoms with van der Waals surface area (Å²) in [6.45, 7) is 11.6. The highest BCUT2D eigenvalue weighted by Crippen LogP contribution is 2.56. The van der Waals surface area contributed by atoms with Gasteiger partial charge in [-0.15, -0.1) is 11.8 Å². The first-order chi connectivity index (χ1) is 35.7. The van der Waals surface area contributed by atoms with Crippen LogP contribution in [0.15, 0.2) is 91.0 Å². The SMILES string of the molecule is C=C1CC1C(CC)(CCCC)SC(CC(=O)O)C(=O)NCCOCCOCCOCCOCCC(=O)NCC(=O)NCC(=O)N[C@@H](Cc1ccccc1)C(=O)NCC(=O)Nc1ccc(Cc2cccc(C)c2)cc1. The van der Waals surface area contributed by atoms with E-state index in [1.54, 1.807) is 36.4 Å². The summed E-state index contributed by atoms with van der Waals surface area (Å²) in [5.74, 6) is -3.70. The third-order valence-corrected chi connectivity index (χ3v) is 14.0. The number of benzene rings is 3. The molecule has 7 N–H and O–H groups in total. The Morgan fingerprint density at radius 3 is 1.92 bits per heavy atom. The lowest BCUT2D eigenvalue weighted by atomic mass is 9.92. The summed E-state index contributed by atoms with van der Waals surface area (Å²) >= 11 is 1.50. The van der Waals surface area contributed by atoms with Crippen LogP contribution in [-0.2, 0) is 65.4 Å². The summed E-state index contributed by atoms with van der Waals surface area (Å²) in [7, 11) is 0. The van der Waals surface area contributed by atoms with Crippen molar-refractivity contribution in [1.82, 2.24) is 26.6 Å². The van der Waals surface area contributed by atoms with Crippen LogP contribution in [0.5, 0.6) is 0 Å². The molecule has 404 valence electrons. The fraction of sp³-hybridized carbons (Fsp3) is 0.509. The van der Waals surface area contributed by atoms with Crippen LogP contribution < -0.4 is 31.9 Å². The minimum atomic E-state index is -1.05. The van der Waals surface area contributed by atoms with Crippen molar-refractivity contribution in [3.05, 3.63) is 113 Å². The third-order valence-electron chi connectivity index (χ3n) is 12.1. The minimum Gasteiger partial charge on any atom is -0.481 e. The number of unbranched alkanes of at least 4 members (excludes halogenated alkanes) is 1. The highest BCUT2D eigenvalue weighted by Gasteiger charge is 2.49. The van der Waals surface area contributed by atoms with Crippen molar-refractivity contribution >= 4 is 58.9 Å². The van der Waals surface area contributed by atoms with Crippen LogP contribution in [0.1, 0.15) is 81.0 Å². The zero-order valence-electron chi connectivity index (χ0n) is 43.1. The van der Waals surface area contributed by atoms with Gasteiger partial charge in [0.2, 0.25) is 35.4 Å². The molecule has 1 fully saturated rings. The Morgan fingerprint density at radius 2 is 1.30 bits per heavy atom. The summed E-state index contributed by atoms with van der Waals surface area (Å²) in [5.41, 5.74) is 5.97. The van der Waals surface area contributed by atoms with Crippen LogP contribution in [0.25, 0.3) is 0 Å². The van der Waals surface area contributed by atoms with E-state index in [9.17, 15) is 38.7 Å². The number of aryl methyl sites for hydroxylation is 1. The van der Waals surface area contributed by atoms with E-state index < -0.39 is 53.3 Å². The summed E-state index contributed by atoms with van der Waals surface area (Å²) in [6.07, 6.45) is 5.36. The number of hydrogen-bond donors (Lipinski definition) is 7. The van der Waals surface area contributed by atoms with Gasteiger partial charge in [0.05, 0.1) is 84.2 Å². The second-order valence-corrected chi connectivity index (χ2v) is 19.7. The molecule has 3 aromatic carbocycles. The van der Waals surface area contributed by atoms with Crippen molar-refractivity contribution in [2.75, 3.05) is 84.4 Å². The number of rotatable bonds is 38. The zero-order valence-corrected chi connectivity index (χ0v) is 44.0. The van der Waals surface area contributed by atoms with E-state index in [1.165, 1.54) is 28.5 Å². The van der Waals surface area contributed by atoms with Crippen molar-refractivity contribution < 1.29 is 57.6 Å². The lowest BCUT2D eigenvalue weighted by Gasteiger charge is -2.35. The Hall–Kier alpha value is -6.12. The molecule has 0 saturated heterocycles. The van der Waals surface area contributed by atoms with Crippen LogP contribution in [0.3, 0.4) is 0 Å². The number of aliphatic carboxylic acids is 1. The fourth-order valence-corrected chi connectivity index (χ4v) is 9.87. The van der Waals surface area contributed by atoms with E-state index in [4.69, 9.17) is 18.9 Å². The van der Waals surface area contributed by atoms with Crippen molar-refractivity contribution in [2.45, 2.75) is 94.6 Å². The fourth-order valence-electron chi connectivity index (χ4n) is 8.05. The molecule has 74 heavy (non-hydrogen) atoms. The highest BCUT2D eigenvalue weighted by atomic mass is 32.2. The zero-order chi connectivity index (χ0) is 53.6. The van der Waals surface area contributed by atoms with Gasteiger partial charge in [0.15, 0.2) is 0 Å². The standard InChI is InChI=1S/C55H76N6O12S/c1-5-7-21-55(6-2,45-32-40(45)4)74-47(35-52(66)67)54(69)56-22-24-71-26-28-73-30-29-72-27-25-70-23-20-48(62)57-36-49(63)58-37-51(65)61-46(34-41-13-9-8-10-14-41)53(68)59-38-50(64)60-44-18-16-42(17-19-44)33-43-15-11-12-39(3)31-43/h8-19,31,45-47H,4-7,20-30,32-38H2,1-3H3,(H,56,69)(H,57,62)(H,58,63)(H,59,68)(H,60,64)(H,61,65)(H,66,67)/t45?,46-,47?,55?/m0/s1. The number of carbonyl (C=O) groups excluding carboxylic acids is 6. The molecule has 4 rings (SSSR count). The maximum Gasteiger partial charge on any atom is 0.305 e. The van der Waals surface area contributed by atoms with Crippen LogP contribution in [0.4, 0.5) is 5.69 Å². The van der Waals surface area contributed by atoms with Gasteiger partial charge in [-0.3, -0.25) is 33.6 Å². The van der Waals surface area contributed by atoms with Crippen molar-refractivity contribution in [3.63, 3.8) is 0 Å². The van der Waals surface area contributed by atoms with Gasteiger partial charge < -0.3 is 56.0 Å². The van der Waals surface area contributed by atoms with Crippen LogP contribution >= 0.6 is 11.8 Å². The molecule has 0 bridgehead atoms. The van der Waals surface area contributed by atoms with Crippen molar-refractivity contribution in [1.29, 1.82) is 0 Å². The van der Waals surface area contributed by atoms with E-state index >= 15 is 0 Å². The molecule has 19 heteroatoms.